The molecule has 3 aromatic rings. The Kier molecular flexibility index (Phi) is 2.33. The fourth-order valence-electron chi connectivity index (χ4n) is 1.76. The fourth-order valence-corrected chi connectivity index (χ4v) is 1.76. The van der Waals surface area contributed by atoms with Crippen LogP contribution in [-0.4, -0.2) is 27.0 Å². The summed E-state index contributed by atoms with van der Waals surface area (Å²) in [4.78, 5) is 15.7. The second-order valence-electron chi connectivity index (χ2n) is 3.76. The maximum absolute atomic E-state index is 5.77. The molecule has 2 heterocycles. The van der Waals surface area contributed by atoms with Crippen LogP contribution in [0.1, 0.15) is 0 Å². The summed E-state index contributed by atoms with van der Waals surface area (Å²) in [6, 6.07) is 5.60. The predicted octanol–water partition coefficient (Wildman–Crippen LogP) is 1.61. The quantitative estimate of drug-likeness (QED) is 0.711. The second-order valence-corrected chi connectivity index (χ2v) is 3.76. The molecule has 0 radical (unpaired) electrons. The second kappa shape index (κ2) is 3.99. The first-order chi connectivity index (χ1) is 8.78. The van der Waals surface area contributed by atoms with E-state index in [0.717, 1.165) is 16.8 Å². The predicted molar refractivity (Wildman–Crippen MR) is 68.1 cm³/mol. The van der Waals surface area contributed by atoms with Crippen LogP contribution >= 0.6 is 0 Å². The van der Waals surface area contributed by atoms with Crippen LogP contribution in [0.5, 0.6) is 5.75 Å². The average Bonchev–Trinajstić information content (AvgIpc) is 2.81. The molecule has 2 aromatic heterocycles. The zero-order chi connectivity index (χ0) is 12.5. The number of nitrogens with one attached hydrogen (secondary N) is 1. The van der Waals surface area contributed by atoms with Crippen LogP contribution in [-0.2, 0) is 0 Å². The van der Waals surface area contributed by atoms with Gasteiger partial charge in [-0.2, -0.15) is 0 Å². The highest BCUT2D eigenvalue weighted by Gasteiger charge is 2.10. The number of ether oxygens (including phenoxy) is 1. The van der Waals surface area contributed by atoms with Crippen LogP contribution in [0.25, 0.3) is 22.6 Å². The summed E-state index contributed by atoms with van der Waals surface area (Å²) in [5, 5.41) is 0. The molecule has 0 atom stereocenters. The average molecular weight is 241 g/mol. The van der Waals surface area contributed by atoms with E-state index < -0.39 is 0 Å². The van der Waals surface area contributed by atoms with Crippen molar-refractivity contribution < 1.29 is 4.74 Å². The van der Waals surface area contributed by atoms with E-state index in [1.165, 1.54) is 0 Å². The number of anilines is 1. The molecule has 0 aliphatic heterocycles. The van der Waals surface area contributed by atoms with Gasteiger partial charge in [0.15, 0.2) is 11.6 Å². The Morgan fingerprint density at radius 3 is 2.83 bits per heavy atom. The summed E-state index contributed by atoms with van der Waals surface area (Å²) in [6.07, 6.45) is 3.13. The number of methoxy groups -OCH3 is 1. The summed E-state index contributed by atoms with van der Waals surface area (Å²) in [5.74, 6) is 1.72. The molecule has 1 aromatic carbocycles. The molecule has 0 aliphatic rings. The lowest BCUT2D eigenvalue weighted by Crippen LogP contribution is -1.96. The molecule has 3 N–H and O–H groups in total. The highest BCUT2D eigenvalue weighted by molar-refractivity contribution is 5.81. The van der Waals surface area contributed by atoms with Crippen LogP contribution in [0.3, 0.4) is 0 Å². The third-order valence-corrected chi connectivity index (χ3v) is 2.64. The van der Waals surface area contributed by atoms with Crippen molar-refractivity contribution in [1.82, 2.24) is 19.9 Å². The number of H-pyrrole nitrogens is 1. The molecule has 0 fully saturated rings. The SMILES string of the molecule is COc1ccc2nc(-c3nccnc3N)[nH]c2c1. The van der Waals surface area contributed by atoms with Gasteiger partial charge in [0.05, 0.1) is 18.1 Å². The Bertz CT molecular complexity index is 707. The zero-order valence-electron chi connectivity index (χ0n) is 9.71. The van der Waals surface area contributed by atoms with Crippen LogP contribution in [0.2, 0.25) is 0 Å². The summed E-state index contributed by atoms with van der Waals surface area (Å²) in [6.45, 7) is 0. The van der Waals surface area contributed by atoms with Crippen LogP contribution in [0, 0.1) is 0 Å². The number of hydrogen-bond donors (Lipinski definition) is 2. The third-order valence-electron chi connectivity index (χ3n) is 2.64. The van der Waals surface area contributed by atoms with Gasteiger partial charge in [0.25, 0.3) is 0 Å². The van der Waals surface area contributed by atoms with E-state index in [1.807, 2.05) is 18.2 Å². The van der Waals surface area contributed by atoms with E-state index in [2.05, 4.69) is 19.9 Å². The smallest absolute Gasteiger partial charge is 0.161 e. The molecule has 0 aliphatic carbocycles. The Morgan fingerprint density at radius 1 is 1.22 bits per heavy atom. The first-order valence-corrected chi connectivity index (χ1v) is 5.38. The lowest BCUT2D eigenvalue weighted by Gasteiger charge is -1.98. The Hall–Kier alpha value is -2.63. The van der Waals surface area contributed by atoms with Gasteiger partial charge in [-0.05, 0) is 12.1 Å². The van der Waals surface area contributed by atoms with Gasteiger partial charge in [-0.1, -0.05) is 0 Å². The Morgan fingerprint density at radius 2 is 2.06 bits per heavy atom. The normalized spacial score (nSPS) is 10.7. The molecule has 0 amide bonds. The highest BCUT2D eigenvalue weighted by atomic mass is 16.5. The van der Waals surface area contributed by atoms with E-state index >= 15 is 0 Å². The number of hydrogen-bond acceptors (Lipinski definition) is 5. The van der Waals surface area contributed by atoms with Crippen molar-refractivity contribution in [3.8, 4) is 17.3 Å². The largest absolute Gasteiger partial charge is 0.497 e. The van der Waals surface area contributed by atoms with Crippen molar-refractivity contribution in [2.45, 2.75) is 0 Å². The molecule has 0 spiro atoms. The summed E-state index contributed by atoms with van der Waals surface area (Å²) in [7, 11) is 1.62. The number of nitrogens with zero attached hydrogens (tertiary/aromatic N) is 3. The molecule has 0 unspecified atom stereocenters. The van der Waals surface area contributed by atoms with Gasteiger partial charge >= 0.3 is 0 Å². The first kappa shape index (κ1) is 10.5. The minimum atomic E-state index is 0.350. The van der Waals surface area contributed by atoms with Crippen molar-refractivity contribution in [3.63, 3.8) is 0 Å². The van der Waals surface area contributed by atoms with Crippen molar-refractivity contribution in [1.29, 1.82) is 0 Å². The van der Waals surface area contributed by atoms with Gasteiger partial charge in [-0.3, -0.25) is 0 Å². The number of benzene rings is 1. The maximum Gasteiger partial charge on any atom is 0.161 e. The lowest BCUT2D eigenvalue weighted by atomic mass is 10.3. The van der Waals surface area contributed by atoms with Gasteiger partial charge < -0.3 is 15.5 Å². The van der Waals surface area contributed by atoms with Gasteiger partial charge in [0.2, 0.25) is 0 Å². The summed E-state index contributed by atoms with van der Waals surface area (Å²) in [5.41, 5.74) is 8.02. The number of aromatic nitrogens is 4. The van der Waals surface area contributed by atoms with Crippen molar-refractivity contribution in [2.24, 2.45) is 0 Å². The van der Waals surface area contributed by atoms with E-state index in [1.54, 1.807) is 19.5 Å². The van der Waals surface area contributed by atoms with Gasteiger partial charge in [-0.25, -0.2) is 15.0 Å². The van der Waals surface area contributed by atoms with Gasteiger partial charge in [0, 0.05) is 18.5 Å². The number of fused-ring (bicyclic) bond motifs is 1. The van der Waals surface area contributed by atoms with Gasteiger partial charge in [0.1, 0.15) is 11.4 Å². The monoisotopic (exact) mass is 241 g/mol. The number of imidazole rings is 1. The van der Waals surface area contributed by atoms with E-state index in [-0.39, 0.29) is 0 Å². The van der Waals surface area contributed by atoms with E-state index in [4.69, 9.17) is 10.5 Å². The zero-order valence-corrected chi connectivity index (χ0v) is 9.71. The first-order valence-electron chi connectivity index (χ1n) is 5.38. The molecular formula is C12H11N5O. The number of rotatable bonds is 2. The minimum absolute atomic E-state index is 0.350. The van der Waals surface area contributed by atoms with Crippen LogP contribution in [0.4, 0.5) is 5.82 Å². The molecule has 0 saturated carbocycles. The summed E-state index contributed by atoms with van der Waals surface area (Å²) >= 11 is 0. The van der Waals surface area contributed by atoms with Crippen molar-refractivity contribution in [3.05, 3.63) is 30.6 Å². The minimum Gasteiger partial charge on any atom is -0.497 e. The maximum atomic E-state index is 5.77. The molecule has 18 heavy (non-hydrogen) atoms. The van der Waals surface area contributed by atoms with Crippen LogP contribution < -0.4 is 10.5 Å². The standard InChI is InChI=1S/C12H11N5O/c1-18-7-2-3-8-9(6-7)17-12(16-8)10-11(13)15-5-4-14-10/h2-6H,1H3,(H2,13,15)(H,16,17). The molecule has 6 nitrogen and oxygen atoms in total. The number of nitrogens with two attached hydrogens (primary N) is 1. The number of aromatic amines is 1. The third kappa shape index (κ3) is 1.64. The molecular weight excluding hydrogens is 230 g/mol. The van der Waals surface area contributed by atoms with Gasteiger partial charge in [-0.15, -0.1) is 0 Å². The molecule has 90 valence electrons. The molecule has 0 bridgehead atoms. The fraction of sp³-hybridized carbons (Fsp3) is 0.0833. The summed E-state index contributed by atoms with van der Waals surface area (Å²) < 4.78 is 5.16. The highest BCUT2D eigenvalue weighted by Crippen LogP contribution is 2.24. The number of nitrogen functional groups attached to an aromatic ring is 1. The molecule has 3 rings (SSSR count). The molecule has 6 heteroatoms. The van der Waals surface area contributed by atoms with Crippen molar-refractivity contribution in [2.75, 3.05) is 12.8 Å². The topological polar surface area (TPSA) is 89.7 Å². The lowest BCUT2D eigenvalue weighted by molar-refractivity contribution is 0.415. The van der Waals surface area contributed by atoms with E-state index in [0.29, 0.717) is 17.3 Å². The van der Waals surface area contributed by atoms with E-state index in [9.17, 15) is 0 Å². The Labute approximate surface area is 103 Å². The Balaban J connectivity index is 2.17. The van der Waals surface area contributed by atoms with Crippen LogP contribution in [0.15, 0.2) is 30.6 Å². The van der Waals surface area contributed by atoms with Crippen molar-refractivity contribution >= 4 is 16.9 Å². The molecule has 0 saturated heterocycles.